The van der Waals surface area contributed by atoms with E-state index in [0.717, 1.165) is 32.6 Å². The Bertz CT molecular complexity index is 229. The molecule has 1 heterocycles. The van der Waals surface area contributed by atoms with Crippen LogP contribution in [0.4, 0.5) is 0 Å². The Balaban J connectivity index is 2.48. The quantitative estimate of drug-likeness (QED) is 0.703. The molecule has 0 saturated carbocycles. The molecule has 0 aliphatic carbocycles. The lowest BCUT2D eigenvalue weighted by molar-refractivity contribution is -0.140. The van der Waals surface area contributed by atoms with Crippen molar-refractivity contribution in [1.29, 1.82) is 0 Å². The van der Waals surface area contributed by atoms with Gasteiger partial charge in [0.2, 0.25) is 0 Å². The Hall–Kier alpha value is -0.610. The summed E-state index contributed by atoms with van der Waals surface area (Å²) in [5.74, 6) is 0.122. The van der Waals surface area contributed by atoms with E-state index in [-0.39, 0.29) is 12.0 Å². The van der Waals surface area contributed by atoms with Crippen molar-refractivity contribution in [3.63, 3.8) is 0 Å². The second kappa shape index (κ2) is 6.21. The molecule has 1 amide bonds. The third kappa shape index (κ3) is 2.95. The van der Waals surface area contributed by atoms with Gasteiger partial charge in [0.25, 0.3) is 5.91 Å². The van der Waals surface area contributed by atoms with Crippen molar-refractivity contribution in [3.05, 3.63) is 0 Å². The summed E-state index contributed by atoms with van der Waals surface area (Å²) in [6.07, 6.45) is 0.777. The average molecular weight is 228 g/mol. The summed E-state index contributed by atoms with van der Waals surface area (Å²) >= 11 is 0. The van der Waals surface area contributed by atoms with Gasteiger partial charge in [-0.3, -0.25) is 9.69 Å². The number of rotatable bonds is 5. The maximum Gasteiger partial charge on any atom is 0.251 e. The number of nitrogens with zero attached hydrogens (tertiary/aromatic N) is 2. The van der Waals surface area contributed by atoms with Gasteiger partial charge < -0.3 is 9.64 Å². The maximum atomic E-state index is 11.9. The number of hydrogen-bond acceptors (Lipinski definition) is 3. The van der Waals surface area contributed by atoms with E-state index in [2.05, 4.69) is 18.7 Å². The Morgan fingerprint density at radius 3 is 2.62 bits per heavy atom. The highest BCUT2D eigenvalue weighted by atomic mass is 16.5. The molecule has 2 unspecified atom stereocenters. The largest absolute Gasteiger partial charge is 0.372 e. The molecule has 0 aromatic carbocycles. The molecule has 16 heavy (non-hydrogen) atoms. The summed E-state index contributed by atoms with van der Waals surface area (Å²) in [5, 5.41) is 0. The topological polar surface area (TPSA) is 32.8 Å². The first-order chi connectivity index (χ1) is 7.63. The highest BCUT2D eigenvalue weighted by Gasteiger charge is 2.31. The number of methoxy groups -OCH3 is 1. The Kier molecular flexibility index (Phi) is 5.22. The molecule has 0 bridgehead atoms. The number of likely N-dealkylation sites (N-methyl/N-ethyl adjacent to an activating group) is 1. The second-order valence-electron chi connectivity index (χ2n) is 4.33. The van der Waals surface area contributed by atoms with Crippen LogP contribution in [0.25, 0.3) is 0 Å². The van der Waals surface area contributed by atoms with Gasteiger partial charge in [-0.25, -0.2) is 0 Å². The molecule has 1 aliphatic rings. The Morgan fingerprint density at radius 2 is 2.12 bits per heavy atom. The molecule has 1 fully saturated rings. The third-order valence-corrected chi connectivity index (χ3v) is 3.51. The number of carbonyl (C=O) groups excluding carboxylic acids is 1. The molecular formula is C12H24N2O2. The van der Waals surface area contributed by atoms with Crippen LogP contribution in [0.3, 0.4) is 0 Å². The molecular weight excluding hydrogens is 204 g/mol. The predicted molar refractivity (Wildman–Crippen MR) is 64.4 cm³/mol. The number of likely N-dealkylation sites (tertiary alicyclic amines) is 1. The van der Waals surface area contributed by atoms with E-state index in [1.54, 1.807) is 7.11 Å². The van der Waals surface area contributed by atoms with Gasteiger partial charge in [-0.1, -0.05) is 13.8 Å². The van der Waals surface area contributed by atoms with Crippen molar-refractivity contribution in [1.82, 2.24) is 9.80 Å². The molecule has 4 heteroatoms. The summed E-state index contributed by atoms with van der Waals surface area (Å²) in [4.78, 5) is 16.3. The summed E-state index contributed by atoms with van der Waals surface area (Å²) in [5.41, 5.74) is 0. The smallest absolute Gasteiger partial charge is 0.251 e. The average Bonchev–Trinajstić information content (AvgIpc) is 2.78. The van der Waals surface area contributed by atoms with Gasteiger partial charge in [0.15, 0.2) is 0 Å². The van der Waals surface area contributed by atoms with E-state index >= 15 is 0 Å². The first kappa shape index (κ1) is 13.5. The maximum absolute atomic E-state index is 11.9. The lowest BCUT2D eigenvalue weighted by Gasteiger charge is -2.26. The summed E-state index contributed by atoms with van der Waals surface area (Å²) in [6, 6.07) is 0.531. The normalized spacial score (nSPS) is 22.8. The Labute approximate surface area is 98.5 Å². The van der Waals surface area contributed by atoms with Crippen LogP contribution in [-0.2, 0) is 9.53 Å². The minimum absolute atomic E-state index is 0.122. The minimum Gasteiger partial charge on any atom is -0.372 e. The van der Waals surface area contributed by atoms with Crippen molar-refractivity contribution in [2.75, 3.05) is 33.3 Å². The van der Waals surface area contributed by atoms with Gasteiger partial charge in [0.1, 0.15) is 6.10 Å². The summed E-state index contributed by atoms with van der Waals surface area (Å²) < 4.78 is 5.07. The zero-order chi connectivity index (χ0) is 12.1. The van der Waals surface area contributed by atoms with Crippen molar-refractivity contribution < 1.29 is 9.53 Å². The van der Waals surface area contributed by atoms with Gasteiger partial charge in [0.05, 0.1) is 0 Å². The molecule has 0 radical (unpaired) electrons. The molecule has 0 N–H and O–H groups in total. The first-order valence-corrected chi connectivity index (χ1v) is 6.19. The molecule has 1 rings (SSSR count). The van der Waals surface area contributed by atoms with Crippen LogP contribution in [0.1, 0.15) is 27.2 Å². The van der Waals surface area contributed by atoms with E-state index in [9.17, 15) is 4.79 Å². The number of ether oxygens (including phenoxy) is 1. The molecule has 0 aromatic rings. The van der Waals surface area contributed by atoms with Crippen LogP contribution in [-0.4, -0.2) is 61.1 Å². The van der Waals surface area contributed by atoms with Crippen molar-refractivity contribution in [3.8, 4) is 0 Å². The van der Waals surface area contributed by atoms with E-state index in [4.69, 9.17) is 4.74 Å². The van der Waals surface area contributed by atoms with Crippen molar-refractivity contribution in [2.24, 2.45) is 0 Å². The predicted octanol–water partition coefficient (Wildman–Crippen LogP) is 0.964. The molecule has 2 atom stereocenters. The van der Waals surface area contributed by atoms with E-state index in [0.29, 0.717) is 6.04 Å². The lowest BCUT2D eigenvalue weighted by atomic mass is 10.2. The number of carbonyl (C=O) groups is 1. The van der Waals surface area contributed by atoms with Gasteiger partial charge in [0, 0.05) is 26.2 Å². The van der Waals surface area contributed by atoms with Crippen LogP contribution in [0.2, 0.25) is 0 Å². The lowest BCUT2D eigenvalue weighted by Crippen LogP contribution is -2.41. The van der Waals surface area contributed by atoms with Crippen LogP contribution in [0.5, 0.6) is 0 Å². The van der Waals surface area contributed by atoms with Crippen LogP contribution in [0, 0.1) is 0 Å². The second-order valence-corrected chi connectivity index (χ2v) is 4.33. The fourth-order valence-electron chi connectivity index (χ4n) is 2.34. The van der Waals surface area contributed by atoms with E-state index in [1.807, 2.05) is 11.8 Å². The molecule has 1 saturated heterocycles. The minimum atomic E-state index is -0.310. The van der Waals surface area contributed by atoms with E-state index in [1.165, 1.54) is 0 Å². The highest BCUT2D eigenvalue weighted by Crippen LogP contribution is 2.16. The van der Waals surface area contributed by atoms with E-state index < -0.39 is 0 Å². The van der Waals surface area contributed by atoms with Gasteiger partial charge in [-0.15, -0.1) is 0 Å². The zero-order valence-corrected chi connectivity index (χ0v) is 10.9. The molecule has 94 valence electrons. The fourth-order valence-corrected chi connectivity index (χ4v) is 2.34. The highest BCUT2D eigenvalue weighted by molar-refractivity contribution is 5.80. The fraction of sp³-hybridized carbons (Fsp3) is 0.917. The summed E-state index contributed by atoms with van der Waals surface area (Å²) in [7, 11) is 1.58. The van der Waals surface area contributed by atoms with Crippen LogP contribution < -0.4 is 0 Å². The standard InChI is InChI=1S/C12H24N2O2/c1-5-13(6-2)11-7-8-14(9-11)12(15)10(3)16-4/h10-11H,5-9H2,1-4H3. The Morgan fingerprint density at radius 1 is 1.50 bits per heavy atom. The van der Waals surface area contributed by atoms with Crippen molar-refractivity contribution in [2.45, 2.75) is 39.3 Å². The van der Waals surface area contributed by atoms with Gasteiger partial charge in [-0.2, -0.15) is 0 Å². The first-order valence-electron chi connectivity index (χ1n) is 6.19. The molecule has 4 nitrogen and oxygen atoms in total. The number of hydrogen-bond donors (Lipinski definition) is 0. The molecule has 1 aliphatic heterocycles. The zero-order valence-electron chi connectivity index (χ0n) is 10.9. The van der Waals surface area contributed by atoms with Crippen LogP contribution >= 0.6 is 0 Å². The van der Waals surface area contributed by atoms with Gasteiger partial charge >= 0.3 is 0 Å². The van der Waals surface area contributed by atoms with Crippen LogP contribution in [0.15, 0.2) is 0 Å². The summed E-state index contributed by atoms with van der Waals surface area (Å²) in [6.45, 7) is 10.00. The number of amides is 1. The monoisotopic (exact) mass is 228 g/mol. The SMILES string of the molecule is CCN(CC)C1CCN(C(=O)C(C)OC)C1. The van der Waals surface area contributed by atoms with Crippen molar-refractivity contribution >= 4 is 5.91 Å². The molecule has 0 aromatic heterocycles. The third-order valence-electron chi connectivity index (χ3n) is 3.51. The molecule has 0 spiro atoms. The van der Waals surface area contributed by atoms with Gasteiger partial charge in [-0.05, 0) is 26.4 Å².